The van der Waals surface area contributed by atoms with Crippen molar-refractivity contribution in [1.29, 1.82) is 0 Å². The monoisotopic (exact) mass is 278 g/mol. The van der Waals surface area contributed by atoms with E-state index in [1.165, 1.54) is 0 Å². The molecule has 1 aromatic carbocycles. The average molecular weight is 278 g/mol. The van der Waals surface area contributed by atoms with Crippen LogP contribution >= 0.6 is 0 Å². The molecule has 0 aromatic heterocycles. The second-order valence-electron chi connectivity index (χ2n) is 5.93. The summed E-state index contributed by atoms with van der Waals surface area (Å²) in [4.78, 5) is 14.0. The second kappa shape index (κ2) is 5.71. The van der Waals surface area contributed by atoms with E-state index in [-0.39, 0.29) is 12.1 Å². The number of carbonyl (C=O) groups is 1. The highest BCUT2D eigenvalue weighted by atomic mass is 16.6. The summed E-state index contributed by atoms with van der Waals surface area (Å²) >= 11 is 0. The number of nitrogens with zero attached hydrogens (tertiary/aromatic N) is 1. The Morgan fingerprint density at radius 2 is 2.00 bits per heavy atom. The molecule has 0 unspecified atom stereocenters. The number of rotatable bonds is 1. The fourth-order valence-corrected chi connectivity index (χ4v) is 2.14. The summed E-state index contributed by atoms with van der Waals surface area (Å²) in [5.41, 5.74) is 6.91. The van der Waals surface area contributed by atoms with Crippen molar-refractivity contribution in [1.82, 2.24) is 4.90 Å². The predicted molar refractivity (Wildman–Crippen MR) is 77.4 cm³/mol. The van der Waals surface area contributed by atoms with Crippen molar-refractivity contribution in [3.8, 4) is 0 Å². The summed E-state index contributed by atoms with van der Waals surface area (Å²) in [5.74, 6) is 0. The molecule has 1 saturated heterocycles. The lowest BCUT2D eigenvalue weighted by molar-refractivity contribution is -0.0331. The predicted octanol–water partition coefficient (Wildman–Crippen LogP) is 2.58. The van der Waals surface area contributed by atoms with Gasteiger partial charge < -0.3 is 15.2 Å². The zero-order valence-corrected chi connectivity index (χ0v) is 12.3. The molecule has 1 aliphatic heterocycles. The van der Waals surface area contributed by atoms with Crippen molar-refractivity contribution in [2.75, 3.05) is 25.5 Å². The van der Waals surface area contributed by atoms with Crippen molar-refractivity contribution in [3.05, 3.63) is 29.8 Å². The van der Waals surface area contributed by atoms with Gasteiger partial charge >= 0.3 is 6.09 Å². The average Bonchev–Trinajstić information content (AvgIpc) is 2.38. The Kier molecular flexibility index (Phi) is 4.18. The summed E-state index contributed by atoms with van der Waals surface area (Å²) in [5, 5.41) is 0. The fraction of sp³-hybridized carbons (Fsp3) is 0.533. The van der Waals surface area contributed by atoms with Gasteiger partial charge in [0, 0.05) is 12.2 Å². The maximum atomic E-state index is 12.3. The largest absolute Gasteiger partial charge is 0.444 e. The van der Waals surface area contributed by atoms with Crippen molar-refractivity contribution in [3.63, 3.8) is 0 Å². The molecule has 1 fully saturated rings. The minimum absolute atomic E-state index is 0.126. The molecule has 1 aromatic rings. The highest BCUT2D eigenvalue weighted by Gasteiger charge is 2.31. The molecule has 0 radical (unpaired) electrons. The lowest BCUT2D eigenvalue weighted by atomic mass is 10.0. The number of hydrogen-bond acceptors (Lipinski definition) is 4. The summed E-state index contributed by atoms with van der Waals surface area (Å²) in [6.45, 7) is 7.13. The fourth-order valence-electron chi connectivity index (χ4n) is 2.14. The van der Waals surface area contributed by atoms with Gasteiger partial charge in [-0.3, -0.25) is 4.90 Å². The first kappa shape index (κ1) is 14.7. The van der Waals surface area contributed by atoms with Crippen LogP contribution in [0.3, 0.4) is 0 Å². The third kappa shape index (κ3) is 3.63. The molecule has 5 heteroatoms. The minimum Gasteiger partial charge on any atom is -0.444 e. The Hall–Kier alpha value is -1.75. The van der Waals surface area contributed by atoms with Gasteiger partial charge in [0.2, 0.25) is 0 Å². The van der Waals surface area contributed by atoms with Crippen LogP contribution in [-0.2, 0) is 9.47 Å². The van der Waals surface area contributed by atoms with Crippen LogP contribution in [0.1, 0.15) is 32.4 Å². The quantitative estimate of drug-likeness (QED) is 0.802. The molecule has 1 atom stereocenters. The zero-order chi connectivity index (χ0) is 14.8. The summed E-state index contributed by atoms with van der Waals surface area (Å²) in [6.07, 6.45) is -0.303. The van der Waals surface area contributed by atoms with Gasteiger partial charge in [0.1, 0.15) is 5.60 Å². The van der Waals surface area contributed by atoms with E-state index in [2.05, 4.69) is 0 Å². The number of nitrogen functional groups attached to an aromatic ring is 1. The molecule has 1 aliphatic rings. The zero-order valence-electron chi connectivity index (χ0n) is 12.3. The molecule has 1 heterocycles. The Morgan fingerprint density at radius 1 is 1.35 bits per heavy atom. The van der Waals surface area contributed by atoms with Gasteiger partial charge in [-0.2, -0.15) is 0 Å². The maximum Gasteiger partial charge on any atom is 0.410 e. The van der Waals surface area contributed by atoms with Crippen LogP contribution < -0.4 is 5.73 Å². The molecule has 110 valence electrons. The topological polar surface area (TPSA) is 64.8 Å². The maximum absolute atomic E-state index is 12.3. The van der Waals surface area contributed by atoms with E-state index in [4.69, 9.17) is 15.2 Å². The molecule has 1 amide bonds. The lowest BCUT2D eigenvalue weighted by Crippen LogP contribution is -2.45. The molecular weight excluding hydrogens is 256 g/mol. The number of carbonyl (C=O) groups excluding carboxylic acids is 1. The number of nitrogens with two attached hydrogens (primary N) is 1. The summed E-state index contributed by atoms with van der Waals surface area (Å²) in [7, 11) is 0. The first-order chi connectivity index (χ1) is 9.37. The number of morpholine rings is 1. The normalized spacial score (nSPS) is 19.8. The van der Waals surface area contributed by atoms with Crippen LogP contribution in [0.15, 0.2) is 24.3 Å². The molecule has 2 N–H and O–H groups in total. The SMILES string of the molecule is CC(C)(C)OC(=O)N1CCOC[C@@H]1c1ccc(N)cc1. The van der Waals surface area contributed by atoms with Crippen LogP contribution in [0.2, 0.25) is 0 Å². The molecule has 20 heavy (non-hydrogen) atoms. The van der Waals surface area contributed by atoms with E-state index < -0.39 is 5.60 Å². The number of benzene rings is 1. The summed E-state index contributed by atoms with van der Waals surface area (Å²) < 4.78 is 11.0. The van der Waals surface area contributed by atoms with Crippen molar-refractivity contribution in [2.45, 2.75) is 32.4 Å². The molecule has 0 spiro atoms. The molecule has 0 saturated carbocycles. The molecule has 0 bridgehead atoms. The van der Waals surface area contributed by atoms with Crippen LogP contribution in [-0.4, -0.2) is 36.4 Å². The number of anilines is 1. The van der Waals surface area contributed by atoms with E-state index in [9.17, 15) is 4.79 Å². The van der Waals surface area contributed by atoms with E-state index in [0.29, 0.717) is 25.4 Å². The van der Waals surface area contributed by atoms with Gasteiger partial charge in [-0.25, -0.2) is 4.79 Å². The molecule has 5 nitrogen and oxygen atoms in total. The van der Waals surface area contributed by atoms with Gasteiger partial charge in [-0.1, -0.05) is 12.1 Å². The van der Waals surface area contributed by atoms with E-state index in [1.807, 2.05) is 45.0 Å². The van der Waals surface area contributed by atoms with E-state index >= 15 is 0 Å². The first-order valence-electron chi connectivity index (χ1n) is 6.79. The van der Waals surface area contributed by atoms with Crippen molar-refractivity contribution < 1.29 is 14.3 Å². The van der Waals surface area contributed by atoms with Crippen molar-refractivity contribution in [2.24, 2.45) is 0 Å². The van der Waals surface area contributed by atoms with Crippen LogP contribution in [0, 0.1) is 0 Å². The van der Waals surface area contributed by atoms with Gasteiger partial charge in [0.15, 0.2) is 0 Å². The smallest absolute Gasteiger partial charge is 0.410 e. The van der Waals surface area contributed by atoms with Crippen LogP contribution in [0.4, 0.5) is 10.5 Å². The van der Waals surface area contributed by atoms with E-state index in [0.717, 1.165) is 5.56 Å². The van der Waals surface area contributed by atoms with Crippen LogP contribution in [0.25, 0.3) is 0 Å². The Morgan fingerprint density at radius 3 is 2.60 bits per heavy atom. The molecular formula is C15H22N2O3. The Balaban J connectivity index is 2.16. The van der Waals surface area contributed by atoms with E-state index in [1.54, 1.807) is 4.90 Å². The van der Waals surface area contributed by atoms with Gasteiger partial charge in [0.05, 0.1) is 19.3 Å². The lowest BCUT2D eigenvalue weighted by Gasteiger charge is -2.36. The van der Waals surface area contributed by atoms with Crippen LogP contribution in [0.5, 0.6) is 0 Å². The molecule has 0 aliphatic carbocycles. The number of ether oxygens (including phenoxy) is 2. The third-order valence-electron chi connectivity index (χ3n) is 3.08. The highest BCUT2D eigenvalue weighted by molar-refractivity contribution is 5.69. The Bertz CT molecular complexity index is 465. The minimum atomic E-state index is -0.499. The molecule has 2 rings (SSSR count). The number of hydrogen-bond donors (Lipinski definition) is 1. The Labute approximate surface area is 119 Å². The third-order valence-corrected chi connectivity index (χ3v) is 3.08. The highest BCUT2D eigenvalue weighted by Crippen LogP contribution is 2.26. The standard InChI is InChI=1S/C15H22N2O3/c1-15(2,3)20-14(18)17-8-9-19-10-13(17)11-4-6-12(16)7-5-11/h4-7,13H,8-10,16H2,1-3H3/t13-/m1/s1. The first-order valence-corrected chi connectivity index (χ1v) is 6.79. The van der Waals surface area contributed by atoms with Gasteiger partial charge in [-0.15, -0.1) is 0 Å². The second-order valence-corrected chi connectivity index (χ2v) is 5.93. The van der Waals surface area contributed by atoms with Gasteiger partial charge in [0.25, 0.3) is 0 Å². The van der Waals surface area contributed by atoms with Gasteiger partial charge in [-0.05, 0) is 38.5 Å². The summed E-state index contributed by atoms with van der Waals surface area (Å²) in [6, 6.07) is 7.38. The van der Waals surface area contributed by atoms with Crippen molar-refractivity contribution >= 4 is 11.8 Å². The number of amides is 1.